The number of anilines is 2. The predicted octanol–water partition coefficient (Wildman–Crippen LogP) is 5.96. The Morgan fingerprint density at radius 2 is 1.55 bits per heavy atom. The smallest absolute Gasteiger partial charge is 0.0414 e. The highest BCUT2D eigenvalue weighted by Gasteiger charge is 2.01. The highest BCUT2D eigenvalue weighted by Crippen LogP contribution is 2.26. The van der Waals surface area contributed by atoms with E-state index in [0.29, 0.717) is 0 Å². The van der Waals surface area contributed by atoms with E-state index in [2.05, 4.69) is 89.7 Å². The Hall–Kier alpha value is -1.80. The van der Waals surface area contributed by atoms with Gasteiger partial charge in [-0.3, -0.25) is 0 Å². The van der Waals surface area contributed by atoms with E-state index < -0.39 is 0 Å². The normalized spacial score (nSPS) is 10.8. The number of aryl methyl sites for hydroxylation is 2. The topological polar surface area (TPSA) is 12.0 Å². The summed E-state index contributed by atoms with van der Waals surface area (Å²) in [7, 11) is 0. The van der Waals surface area contributed by atoms with Crippen LogP contribution in [-0.2, 0) is 0 Å². The Morgan fingerprint density at radius 3 is 2.35 bits per heavy atom. The molecular weight excluding hydrogens is 310 g/mol. The van der Waals surface area contributed by atoms with E-state index >= 15 is 0 Å². The van der Waals surface area contributed by atoms with Crippen LogP contribution in [0, 0.1) is 13.8 Å². The maximum Gasteiger partial charge on any atom is 0.0414 e. The van der Waals surface area contributed by atoms with E-state index in [1.807, 2.05) is 0 Å². The lowest BCUT2D eigenvalue weighted by molar-refractivity contribution is 1.37. The zero-order chi connectivity index (χ0) is 14.1. The standard InChI is InChI=1S/C18H16BrN/c1-12-3-8-18(13(2)9-12)20-17-7-5-14-10-16(19)6-4-15(14)11-17/h3-11,20H,1-2H3. The van der Waals surface area contributed by atoms with Crippen LogP contribution < -0.4 is 5.32 Å². The van der Waals surface area contributed by atoms with E-state index in [1.54, 1.807) is 0 Å². The van der Waals surface area contributed by atoms with Crippen molar-refractivity contribution in [3.05, 3.63) is 70.2 Å². The minimum absolute atomic E-state index is 1.11. The quantitative estimate of drug-likeness (QED) is 0.612. The second kappa shape index (κ2) is 5.29. The third-order valence-corrected chi connectivity index (χ3v) is 3.96. The van der Waals surface area contributed by atoms with Crippen molar-refractivity contribution in [2.24, 2.45) is 0 Å². The molecule has 0 bridgehead atoms. The largest absolute Gasteiger partial charge is 0.355 e. The predicted molar refractivity (Wildman–Crippen MR) is 90.8 cm³/mol. The lowest BCUT2D eigenvalue weighted by atomic mass is 10.1. The Balaban J connectivity index is 1.96. The Labute approximate surface area is 127 Å². The Bertz CT molecular complexity index is 777. The molecule has 3 rings (SSSR count). The first-order valence-electron chi connectivity index (χ1n) is 6.65. The summed E-state index contributed by atoms with van der Waals surface area (Å²) in [6.07, 6.45) is 0. The number of hydrogen-bond donors (Lipinski definition) is 1. The van der Waals surface area contributed by atoms with Crippen LogP contribution in [0.2, 0.25) is 0 Å². The van der Waals surface area contributed by atoms with Crippen LogP contribution in [0.5, 0.6) is 0 Å². The SMILES string of the molecule is Cc1ccc(Nc2ccc3cc(Br)ccc3c2)c(C)c1. The van der Waals surface area contributed by atoms with Gasteiger partial charge in [0.15, 0.2) is 0 Å². The molecule has 0 unspecified atom stereocenters. The van der Waals surface area contributed by atoms with E-state index in [-0.39, 0.29) is 0 Å². The minimum Gasteiger partial charge on any atom is -0.355 e. The molecular formula is C18H16BrN. The van der Waals surface area contributed by atoms with Crippen molar-refractivity contribution in [1.29, 1.82) is 0 Å². The molecule has 0 saturated carbocycles. The fraction of sp³-hybridized carbons (Fsp3) is 0.111. The lowest BCUT2D eigenvalue weighted by Gasteiger charge is -2.11. The third-order valence-electron chi connectivity index (χ3n) is 3.46. The van der Waals surface area contributed by atoms with Gasteiger partial charge in [0.2, 0.25) is 0 Å². The van der Waals surface area contributed by atoms with E-state index in [1.165, 1.54) is 21.9 Å². The number of halogens is 1. The van der Waals surface area contributed by atoms with Crippen LogP contribution in [-0.4, -0.2) is 0 Å². The molecule has 0 aromatic heterocycles. The van der Waals surface area contributed by atoms with Crippen LogP contribution in [0.15, 0.2) is 59.1 Å². The fourth-order valence-electron chi connectivity index (χ4n) is 2.40. The first kappa shape index (κ1) is 13.2. The summed E-state index contributed by atoms with van der Waals surface area (Å²) in [5.74, 6) is 0. The maximum atomic E-state index is 3.51. The highest BCUT2D eigenvalue weighted by atomic mass is 79.9. The summed E-state index contributed by atoms with van der Waals surface area (Å²) in [4.78, 5) is 0. The van der Waals surface area contributed by atoms with Gasteiger partial charge in [-0.25, -0.2) is 0 Å². The summed E-state index contributed by atoms with van der Waals surface area (Å²) in [6.45, 7) is 4.25. The van der Waals surface area contributed by atoms with Gasteiger partial charge < -0.3 is 5.32 Å². The van der Waals surface area contributed by atoms with Gasteiger partial charge in [0.05, 0.1) is 0 Å². The van der Waals surface area contributed by atoms with Crippen LogP contribution in [0.1, 0.15) is 11.1 Å². The summed E-state index contributed by atoms with van der Waals surface area (Å²) >= 11 is 3.51. The lowest BCUT2D eigenvalue weighted by Crippen LogP contribution is -1.93. The van der Waals surface area contributed by atoms with Crippen molar-refractivity contribution in [3.8, 4) is 0 Å². The molecule has 0 saturated heterocycles. The first-order chi connectivity index (χ1) is 9.61. The summed E-state index contributed by atoms with van der Waals surface area (Å²) in [5, 5.41) is 5.97. The molecule has 0 heterocycles. The average Bonchev–Trinajstić information content (AvgIpc) is 2.42. The van der Waals surface area contributed by atoms with Crippen molar-refractivity contribution in [1.82, 2.24) is 0 Å². The molecule has 0 amide bonds. The van der Waals surface area contributed by atoms with Gasteiger partial charge in [-0.05, 0) is 60.5 Å². The molecule has 100 valence electrons. The van der Waals surface area contributed by atoms with Gasteiger partial charge in [-0.15, -0.1) is 0 Å². The molecule has 1 nitrogen and oxygen atoms in total. The number of nitrogens with one attached hydrogen (secondary N) is 1. The molecule has 20 heavy (non-hydrogen) atoms. The monoisotopic (exact) mass is 325 g/mol. The molecule has 0 aliphatic heterocycles. The highest BCUT2D eigenvalue weighted by molar-refractivity contribution is 9.10. The minimum atomic E-state index is 1.11. The molecule has 0 aliphatic carbocycles. The van der Waals surface area contributed by atoms with Crippen LogP contribution >= 0.6 is 15.9 Å². The second-order valence-corrected chi connectivity index (χ2v) is 6.07. The molecule has 0 atom stereocenters. The molecule has 0 spiro atoms. The van der Waals surface area contributed by atoms with Gasteiger partial charge in [-0.2, -0.15) is 0 Å². The van der Waals surface area contributed by atoms with Crippen molar-refractivity contribution in [3.63, 3.8) is 0 Å². The second-order valence-electron chi connectivity index (χ2n) is 5.15. The van der Waals surface area contributed by atoms with Gasteiger partial charge in [0.1, 0.15) is 0 Å². The van der Waals surface area contributed by atoms with Gasteiger partial charge in [-0.1, -0.05) is 45.8 Å². The van der Waals surface area contributed by atoms with Crippen molar-refractivity contribution in [2.45, 2.75) is 13.8 Å². The number of benzene rings is 3. The van der Waals surface area contributed by atoms with Gasteiger partial charge in [0.25, 0.3) is 0 Å². The van der Waals surface area contributed by atoms with Crippen LogP contribution in [0.3, 0.4) is 0 Å². The van der Waals surface area contributed by atoms with Crippen LogP contribution in [0.4, 0.5) is 11.4 Å². The molecule has 3 aromatic carbocycles. The molecule has 3 aromatic rings. The molecule has 1 N–H and O–H groups in total. The summed E-state index contributed by atoms with van der Waals surface area (Å²) in [6, 6.07) is 19.2. The number of fused-ring (bicyclic) bond motifs is 1. The molecule has 2 heteroatoms. The Morgan fingerprint density at radius 1 is 0.800 bits per heavy atom. The summed E-state index contributed by atoms with van der Waals surface area (Å²) in [5.41, 5.74) is 4.83. The van der Waals surface area contributed by atoms with Gasteiger partial charge in [0, 0.05) is 15.8 Å². The average molecular weight is 326 g/mol. The van der Waals surface area contributed by atoms with E-state index in [0.717, 1.165) is 15.8 Å². The van der Waals surface area contributed by atoms with Crippen molar-refractivity contribution in [2.75, 3.05) is 5.32 Å². The zero-order valence-electron chi connectivity index (χ0n) is 11.6. The first-order valence-corrected chi connectivity index (χ1v) is 7.45. The fourth-order valence-corrected chi connectivity index (χ4v) is 2.78. The third kappa shape index (κ3) is 2.70. The van der Waals surface area contributed by atoms with E-state index in [9.17, 15) is 0 Å². The van der Waals surface area contributed by atoms with E-state index in [4.69, 9.17) is 0 Å². The number of hydrogen-bond acceptors (Lipinski definition) is 1. The summed E-state index contributed by atoms with van der Waals surface area (Å²) < 4.78 is 1.11. The van der Waals surface area contributed by atoms with Gasteiger partial charge >= 0.3 is 0 Å². The molecule has 0 aliphatic rings. The van der Waals surface area contributed by atoms with Crippen molar-refractivity contribution >= 4 is 38.1 Å². The maximum absolute atomic E-state index is 3.51. The van der Waals surface area contributed by atoms with Crippen LogP contribution in [0.25, 0.3) is 10.8 Å². The molecule has 0 fully saturated rings. The molecule has 0 radical (unpaired) electrons. The number of rotatable bonds is 2. The zero-order valence-corrected chi connectivity index (χ0v) is 13.2. The Kier molecular flexibility index (Phi) is 3.49. The van der Waals surface area contributed by atoms with Crippen molar-refractivity contribution < 1.29 is 0 Å².